The molecule has 1 saturated carbocycles. The van der Waals surface area contributed by atoms with E-state index in [4.69, 9.17) is 40.9 Å². The molecule has 2 aromatic rings. The van der Waals surface area contributed by atoms with Crippen LogP contribution >= 0.6 is 23.8 Å². The number of hydrogen-bond donors (Lipinski definition) is 1. The van der Waals surface area contributed by atoms with Gasteiger partial charge in [0.05, 0.1) is 17.8 Å². The average molecular weight is 459 g/mol. The van der Waals surface area contributed by atoms with Gasteiger partial charge in [-0.1, -0.05) is 17.7 Å². The van der Waals surface area contributed by atoms with Crippen LogP contribution in [0.5, 0.6) is 5.75 Å². The largest absolute Gasteiger partial charge is 0.489 e. The number of carbonyl (C=O) groups excluding carboxylic acids is 1. The summed E-state index contributed by atoms with van der Waals surface area (Å²) in [5.74, 6) is -0.743. The summed E-state index contributed by atoms with van der Waals surface area (Å²) in [6.07, 6.45) is 1.73. The van der Waals surface area contributed by atoms with Crippen LogP contribution in [0, 0.1) is 12.4 Å². The van der Waals surface area contributed by atoms with Gasteiger partial charge in [0.25, 0.3) is 5.91 Å². The maximum Gasteiger partial charge on any atom is 0.259 e. The van der Waals surface area contributed by atoms with Gasteiger partial charge in [-0.3, -0.25) is 9.69 Å². The van der Waals surface area contributed by atoms with E-state index in [2.05, 4.69) is 4.85 Å². The second-order valence-electron chi connectivity index (χ2n) is 8.33. The number of halogens is 2. The Labute approximate surface area is 190 Å². The third kappa shape index (κ3) is 3.74. The van der Waals surface area contributed by atoms with Gasteiger partial charge in [-0.2, -0.15) is 0 Å². The van der Waals surface area contributed by atoms with Crippen molar-refractivity contribution < 1.29 is 13.9 Å². The van der Waals surface area contributed by atoms with E-state index in [1.807, 2.05) is 0 Å². The molecule has 0 unspecified atom stereocenters. The summed E-state index contributed by atoms with van der Waals surface area (Å²) in [6.45, 7) is 10.8. The van der Waals surface area contributed by atoms with Crippen LogP contribution < -0.4 is 20.3 Å². The molecule has 0 aromatic heterocycles. The van der Waals surface area contributed by atoms with Crippen molar-refractivity contribution in [2.45, 2.75) is 37.8 Å². The molecule has 0 radical (unpaired) electrons. The van der Waals surface area contributed by atoms with Gasteiger partial charge in [-0.25, -0.2) is 9.24 Å². The summed E-state index contributed by atoms with van der Waals surface area (Å²) in [4.78, 5) is 19.5. The lowest BCUT2D eigenvalue weighted by Crippen LogP contribution is -2.44. The predicted octanol–water partition coefficient (Wildman–Crippen LogP) is 4.82. The number of anilines is 2. The molecule has 9 heteroatoms. The molecule has 4 rings (SSSR count). The van der Waals surface area contributed by atoms with Crippen LogP contribution in [0.15, 0.2) is 36.4 Å². The lowest BCUT2D eigenvalue weighted by atomic mass is 10.0. The van der Waals surface area contributed by atoms with Crippen LogP contribution in [0.25, 0.3) is 4.85 Å². The molecule has 1 amide bonds. The fourth-order valence-corrected chi connectivity index (χ4v) is 4.19. The first-order valence-electron chi connectivity index (χ1n) is 9.64. The molecule has 2 aliphatic rings. The zero-order valence-electron chi connectivity index (χ0n) is 17.0. The molecule has 31 heavy (non-hydrogen) atoms. The van der Waals surface area contributed by atoms with Gasteiger partial charge in [0.1, 0.15) is 12.1 Å². The molecule has 1 heterocycles. The Morgan fingerprint density at radius 2 is 1.94 bits per heavy atom. The summed E-state index contributed by atoms with van der Waals surface area (Å²) >= 11 is 11.7. The summed E-state index contributed by atoms with van der Waals surface area (Å²) in [6, 6.07) is 9.15. The molecule has 2 N–H and O–H groups in total. The number of nitrogens with zero attached hydrogens (tertiary/aromatic N) is 3. The number of ether oxygens (including phenoxy) is 1. The summed E-state index contributed by atoms with van der Waals surface area (Å²) in [5, 5.41) is 0.411. The fraction of sp³-hybridized carbons (Fsp3) is 0.318. The Morgan fingerprint density at radius 3 is 2.52 bits per heavy atom. The Morgan fingerprint density at radius 1 is 1.26 bits per heavy atom. The van der Waals surface area contributed by atoms with E-state index in [-0.39, 0.29) is 39.6 Å². The number of rotatable bonds is 5. The van der Waals surface area contributed by atoms with E-state index in [1.165, 1.54) is 29.2 Å². The first-order chi connectivity index (χ1) is 14.6. The zero-order chi connectivity index (χ0) is 22.6. The monoisotopic (exact) mass is 458 g/mol. The van der Waals surface area contributed by atoms with E-state index in [1.54, 1.807) is 30.9 Å². The minimum Gasteiger partial charge on any atom is -0.489 e. The topological polar surface area (TPSA) is 63.2 Å². The van der Waals surface area contributed by atoms with Crippen LogP contribution in [0.4, 0.5) is 21.5 Å². The molecule has 6 nitrogen and oxygen atoms in total. The first kappa shape index (κ1) is 21.5. The van der Waals surface area contributed by atoms with Crippen LogP contribution in [-0.4, -0.2) is 28.7 Å². The predicted molar refractivity (Wildman–Crippen MR) is 122 cm³/mol. The minimum atomic E-state index is -1.06. The van der Waals surface area contributed by atoms with Crippen molar-refractivity contribution in [3.8, 4) is 5.75 Å². The highest BCUT2D eigenvalue weighted by atomic mass is 35.5. The van der Waals surface area contributed by atoms with Crippen molar-refractivity contribution in [3.05, 3.63) is 58.7 Å². The van der Waals surface area contributed by atoms with Gasteiger partial charge in [0, 0.05) is 16.8 Å². The Kier molecular flexibility index (Phi) is 5.16. The number of nitrogens with two attached hydrogens (primary N) is 1. The average Bonchev–Trinajstić information content (AvgIpc) is 3.41. The SMILES string of the molecule is [C-]#[N+]c1ccc(N2C(=O)C(C)(C)N(c3ccc(OCC4(N)CC4)c(F)c3)C2=S)cc1Cl. The normalized spacial score (nSPS) is 18.8. The number of carbonyl (C=O) groups is 1. The van der Waals surface area contributed by atoms with E-state index in [0.29, 0.717) is 11.4 Å². The minimum absolute atomic E-state index is 0.105. The first-order valence-corrected chi connectivity index (χ1v) is 10.4. The molecule has 0 atom stereocenters. The number of amides is 1. The quantitative estimate of drug-likeness (QED) is 0.514. The van der Waals surface area contributed by atoms with Gasteiger partial charge in [0.15, 0.2) is 16.7 Å². The van der Waals surface area contributed by atoms with Crippen molar-refractivity contribution in [3.63, 3.8) is 0 Å². The third-order valence-corrected chi connectivity index (χ3v) is 6.23. The maximum atomic E-state index is 14.8. The van der Waals surface area contributed by atoms with Gasteiger partial charge in [0.2, 0.25) is 5.69 Å². The Bertz CT molecular complexity index is 1140. The van der Waals surface area contributed by atoms with Gasteiger partial charge in [-0.05, 0) is 63.2 Å². The van der Waals surface area contributed by atoms with Gasteiger partial charge in [-0.15, -0.1) is 0 Å². The molecule has 1 aliphatic carbocycles. The molecule has 2 aromatic carbocycles. The van der Waals surface area contributed by atoms with E-state index < -0.39 is 11.4 Å². The third-order valence-electron chi connectivity index (χ3n) is 5.56. The molecular weight excluding hydrogens is 439 g/mol. The summed E-state index contributed by atoms with van der Waals surface area (Å²) in [5.41, 5.74) is 5.73. The molecule has 160 valence electrons. The molecular formula is C22H20ClFN4O2S. The van der Waals surface area contributed by atoms with E-state index >= 15 is 0 Å². The van der Waals surface area contributed by atoms with E-state index in [0.717, 1.165) is 12.8 Å². The van der Waals surface area contributed by atoms with E-state index in [9.17, 15) is 9.18 Å². The lowest BCUT2D eigenvalue weighted by Gasteiger charge is -2.29. The molecule has 1 aliphatic heterocycles. The highest BCUT2D eigenvalue weighted by Gasteiger charge is 2.50. The van der Waals surface area contributed by atoms with Crippen LogP contribution in [-0.2, 0) is 4.79 Å². The number of hydrogen-bond acceptors (Lipinski definition) is 4. The van der Waals surface area contributed by atoms with Crippen LogP contribution in [0.3, 0.4) is 0 Å². The second kappa shape index (κ2) is 7.45. The van der Waals surface area contributed by atoms with Crippen molar-refractivity contribution in [2.24, 2.45) is 5.73 Å². The lowest BCUT2D eigenvalue weighted by molar-refractivity contribution is -0.120. The van der Waals surface area contributed by atoms with Crippen molar-refractivity contribution in [1.29, 1.82) is 0 Å². The zero-order valence-corrected chi connectivity index (χ0v) is 18.6. The Balaban J connectivity index is 1.64. The van der Waals surface area contributed by atoms with Gasteiger partial charge < -0.3 is 15.4 Å². The molecule has 1 saturated heterocycles. The smallest absolute Gasteiger partial charge is 0.259 e. The highest BCUT2D eigenvalue weighted by Crippen LogP contribution is 2.40. The fourth-order valence-electron chi connectivity index (χ4n) is 3.45. The standard InChI is InChI=1S/C22H20ClFN4O2S/c1-21(2)19(29)27(13-4-6-17(26-3)15(23)10-13)20(31)28(21)14-5-7-18(16(24)11-14)30-12-22(25)8-9-22/h4-7,10-11H,8-9,12,25H2,1-2H3. The van der Waals surface area contributed by atoms with Crippen molar-refractivity contribution in [1.82, 2.24) is 0 Å². The second-order valence-corrected chi connectivity index (χ2v) is 9.10. The molecule has 2 fully saturated rings. The number of thiocarbonyl (C=S) groups is 1. The summed E-state index contributed by atoms with van der Waals surface area (Å²) < 4.78 is 20.3. The number of benzene rings is 2. The maximum absolute atomic E-state index is 14.8. The van der Waals surface area contributed by atoms with Crippen LogP contribution in [0.2, 0.25) is 5.02 Å². The summed E-state index contributed by atoms with van der Waals surface area (Å²) in [7, 11) is 0. The Hall–Kier alpha value is -2.73. The van der Waals surface area contributed by atoms with Crippen molar-refractivity contribution >= 4 is 51.9 Å². The molecule has 0 spiro atoms. The molecule has 0 bridgehead atoms. The van der Waals surface area contributed by atoms with Gasteiger partial charge >= 0.3 is 0 Å². The highest BCUT2D eigenvalue weighted by molar-refractivity contribution is 7.81. The van der Waals surface area contributed by atoms with Crippen molar-refractivity contribution in [2.75, 3.05) is 16.4 Å². The van der Waals surface area contributed by atoms with Crippen LogP contribution in [0.1, 0.15) is 26.7 Å².